The summed E-state index contributed by atoms with van der Waals surface area (Å²) in [6.45, 7) is 0. The van der Waals surface area contributed by atoms with Crippen LogP contribution in [0.4, 0.5) is 0 Å². The molecule has 2 aromatic carbocycles. The van der Waals surface area contributed by atoms with Crippen molar-refractivity contribution in [2.45, 2.75) is 0 Å². The summed E-state index contributed by atoms with van der Waals surface area (Å²) in [6, 6.07) is 15.2. The van der Waals surface area contributed by atoms with E-state index >= 15 is 0 Å². The SMILES string of the molecule is O=C1N=c2c(c(=O)oc3ccccc23)=N/C1=C\C(=O)c1ccccc1. The molecule has 1 aromatic heterocycles. The Balaban J connectivity index is 1.92. The van der Waals surface area contributed by atoms with Gasteiger partial charge in [0.1, 0.15) is 16.6 Å². The summed E-state index contributed by atoms with van der Waals surface area (Å²) in [7, 11) is 0. The summed E-state index contributed by atoms with van der Waals surface area (Å²) in [5.41, 5.74) is -0.160. The average Bonchev–Trinajstić information content (AvgIpc) is 2.63. The highest BCUT2D eigenvalue weighted by Crippen LogP contribution is 2.09. The predicted octanol–water partition coefficient (Wildman–Crippen LogP) is 1.34. The fourth-order valence-electron chi connectivity index (χ4n) is 2.57. The van der Waals surface area contributed by atoms with Gasteiger partial charge >= 0.3 is 5.63 Å². The Hall–Kier alpha value is -3.67. The van der Waals surface area contributed by atoms with E-state index < -0.39 is 17.3 Å². The maximum atomic E-state index is 12.3. The van der Waals surface area contributed by atoms with Crippen LogP contribution >= 0.6 is 0 Å². The quantitative estimate of drug-likeness (QED) is 0.403. The number of allylic oxidation sites excluding steroid dienone is 1. The minimum absolute atomic E-state index is 0.0783. The number of hydrogen-bond acceptors (Lipinski definition) is 5. The van der Waals surface area contributed by atoms with Crippen molar-refractivity contribution in [1.29, 1.82) is 0 Å². The van der Waals surface area contributed by atoms with Crippen LogP contribution < -0.4 is 16.3 Å². The summed E-state index contributed by atoms with van der Waals surface area (Å²) >= 11 is 0. The van der Waals surface area contributed by atoms with Gasteiger partial charge in [-0.15, -0.1) is 0 Å². The van der Waals surface area contributed by atoms with E-state index in [0.29, 0.717) is 16.5 Å². The zero-order valence-corrected chi connectivity index (χ0v) is 12.8. The Morgan fingerprint density at radius 2 is 1.60 bits per heavy atom. The van der Waals surface area contributed by atoms with Crippen molar-refractivity contribution in [2.24, 2.45) is 9.98 Å². The second kappa shape index (κ2) is 5.76. The molecule has 2 heterocycles. The lowest BCUT2D eigenvalue weighted by Gasteiger charge is -2.04. The molecule has 0 unspecified atom stereocenters. The molecular weight excluding hydrogens is 320 g/mol. The van der Waals surface area contributed by atoms with Gasteiger partial charge in [0.2, 0.25) is 0 Å². The van der Waals surface area contributed by atoms with Crippen molar-refractivity contribution < 1.29 is 14.0 Å². The monoisotopic (exact) mass is 330 g/mol. The molecule has 0 fully saturated rings. The molecule has 0 spiro atoms. The van der Waals surface area contributed by atoms with Gasteiger partial charge in [-0.25, -0.2) is 14.8 Å². The molecule has 0 saturated carbocycles. The van der Waals surface area contributed by atoms with Crippen molar-refractivity contribution in [3.63, 3.8) is 0 Å². The van der Waals surface area contributed by atoms with Gasteiger partial charge in [-0.2, -0.15) is 0 Å². The largest absolute Gasteiger partial charge is 0.421 e. The van der Waals surface area contributed by atoms with Crippen molar-refractivity contribution in [3.05, 3.63) is 93.1 Å². The van der Waals surface area contributed by atoms with Gasteiger partial charge in [0, 0.05) is 17.0 Å². The van der Waals surface area contributed by atoms with Crippen LogP contribution in [0.25, 0.3) is 11.0 Å². The van der Waals surface area contributed by atoms with Gasteiger partial charge in [0.25, 0.3) is 5.91 Å². The lowest BCUT2D eigenvalue weighted by molar-refractivity contribution is -0.114. The summed E-state index contributed by atoms with van der Waals surface area (Å²) in [5, 5.41) is 0.606. The lowest BCUT2D eigenvalue weighted by atomic mass is 10.1. The van der Waals surface area contributed by atoms with Crippen LogP contribution in [0, 0.1) is 0 Å². The molecule has 0 aliphatic carbocycles. The van der Waals surface area contributed by atoms with E-state index in [1.807, 2.05) is 0 Å². The molecule has 0 radical (unpaired) electrons. The zero-order chi connectivity index (χ0) is 17.4. The second-order valence-corrected chi connectivity index (χ2v) is 5.37. The minimum Gasteiger partial charge on any atom is -0.421 e. The molecule has 0 N–H and O–H groups in total. The first-order valence-corrected chi connectivity index (χ1v) is 7.48. The second-order valence-electron chi connectivity index (χ2n) is 5.37. The smallest absolute Gasteiger partial charge is 0.364 e. The Morgan fingerprint density at radius 3 is 2.40 bits per heavy atom. The van der Waals surface area contributed by atoms with Gasteiger partial charge in [-0.1, -0.05) is 42.5 Å². The average molecular weight is 330 g/mol. The van der Waals surface area contributed by atoms with E-state index in [-0.39, 0.29) is 16.4 Å². The molecule has 0 bridgehead atoms. The molecule has 1 amide bonds. The van der Waals surface area contributed by atoms with Crippen LogP contribution in [-0.2, 0) is 4.79 Å². The lowest BCUT2D eigenvalue weighted by Crippen LogP contribution is -2.42. The number of carbonyl (C=O) groups is 2. The molecule has 0 saturated heterocycles. The number of rotatable bonds is 2. The van der Waals surface area contributed by atoms with Crippen molar-refractivity contribution >= 4 is 22.7 Å². The van der Waals surface area contributed by atoms with Gasteiger partial charge in [-0.3, -0.25) is 9.59 Å². The van der Waals surface area contributed by atoms with Crippen molar-refractivity contribution in [1.82, 2.24) is 0 Å². The minimum atomic E-state index is -0.706. The summed E-state index contributed by atoms with van der Waals surface area (Å²) in [6.07, 6.45) is 1.08. The van der Waals surface area contributed by atoms with Crippen molar-refractivity contribution in [3.8, 4) is 0 Å². The van der Waals surface area contributed by atoms with Gasteiger partial charge in [0.05, 0.1) is 0 Å². The van der Waals surface area contributed by atoms with E-state index in [1.54, 1.807) is 54.6 Å². The third kappa shape index (κ3) is 2.59. The highest BCUT2D eigenvalue weighted by Gasteiger charge is 2.18. The van der Waals surface area contributed by atoms with E-state index in [4.69, 9.17) is 4.42 Å². The number of nitrogens with zero attached hydrogens (tertiary/aromatic N) is 2. The third-order valence-electron chi connectivity index (χ3n) is 3.75. The first-order valence-electron chi connectivity index (χ1n) is 7.48. The molecule has 120 valence electrons. The molecule has 6 heteroatoms. The Morgan fingerprint density at radius 1 is 0.880 bits per heavy atom. The fourth-order valence-corrected chi connectivity index (χ4v) is 2.57. The number of benzene rings is 2. The fraction of sp³-hybridized carbons (Fsp3) is 0. The van der Waals surface area contributed by atoms with Crippen LogP contribution in [-0.4, -0.2) is 11.7 Å². The van der Waals surface area contributed by atoms with Crippen LogP contribution in [0.5, 0.6) is 0 Å². The zero-order valence-electron chi connectivity index (χ0n) is 12.8. The number of fused-ring (bicyclic) bond motifs is 3. The number of carbonyl (C=O) groups excluding carboxylic acids is 2. The number of para-hydroxylation sites is 1. The molecule has 0 atom stereocenters. The van der Waals surface area contributed by atoms with Gasteiger partial charge in [-0.05, 0) is 12.1 Å². The predicted molar refractivity (Wildman–Crippen MR) is 88.7 cm³/mol. The Bertz CT molecular complexity index is 1240. The number of amides is 1. The maximum Gasteiger partial charge on any atom is 0.364 e. The summed E-state index contributed by atoms with van der Waals surface area (Å²) in [4.78, 5) is 44.6. The topological polar surface area (TPSA) is 89.1 Å². The third-order valence-corrected chi connectivity index (χ3v) is 3.75. The van der Waals surface area contributed by atoms with Gasteiger partial charge in [0.15, 0.2) is 11.1 Å². The summed E-state index contributed by atoms with van der Waals surface area (Å²) < 4.78 is 5.20. The molecule has 4 rings (SSSR count). The molecule has 1 aliphatic rings. The van der Waals surface area contributed by atoms with Crippen LogP contribution in [0.3, 0.4) is 0 Å². The highest BCUT2D eigenvalue weighted by molar-refractivity contribution is 6.09. The Kier molecular flexibility index (Phi) is 3.43. The first kappa shape index (κ1) is 14.9. The van der Waals surface area contributed by atoms with E-state index in [0.717, 1.165) is 6.08 Å². The highest BCUT2D eigenvalue weighted by atomic mass is 16.4. The van der Waals surface area contributed by atoms with E-state index in [1.165, 1.54) is 0 Å². The van der Waals surface area contributed by atoms with Crippen molar-refractivity contribution in [2.75, 3.05) is 0 Å². The normalized spacial score (nSPS) is 14.7. The Labute approximate surface area is 140 Å². The molecule has 25 heavy (non-hydrogen) atoms. The van der Waals surface area contributed by atoms with Crippen LogP contribution in [0.1, 0.15) is 10.4 Å². The molecule has 1 aliphatic heterocycles. The number of ketones is 1. The van der Waals surface area contributed by atoms with E-state index in [2.05, 4.69) is 9.98 Å². The molecule has 3 aromatic rings. The van der Waals surface area contributed by atoms with Crippen LogP contribution in [0.15, 0.2) is 85.6 Å². The summed E-state index contributed by atoms with van der Waals surface area (Å²) in [5.74, 6) is -1.07. The molecule has 6 nitrogen and oxygen atoms in total. The van der Waals surface area contributed by atoms with E-state index in [9.17, 15) is 14.4 Å². The standard InChI is InChI=1S/C19H10N2O4/c22-14(11-6-2-1-3-7-11)10-13-18(23)21-16-12-8-4-5-9-15(12)25-19(24)17(16)20-13/h1-10H/b13-10-. The molecular formula is C19H10N2O4. The van der Waals surface area contributed by atoms with Gasteiger partial charge < -0.3 is 4.42 Å². The van der Waals surface area contributed by atoms with Crippen LogP contribution in [0.2, 0.25) is 0 Å². The maximum absolute atomic E-state index is 12.3. The first-order chi connectivity index (χ1) is 12.1. The number of hydrogen-bond donors (Lipinski definition) is 0.